The molecule has 0 fully saturated rings. The number of carbonyl (C=O) groups excluding carboxylic acids is 1. The van der Waals surface area contributed by atoms with E-state index in [-0.39, 0.29) is 11.2 Å². The highest BCUT2D eigenvalue weighted by Gasteiger charge is 2.15. The van der Waals surface area contributed by atoms with Gasteiger partial charge in [0.15, 0.2) is 0 Å². The van der Waals surface area contributed by atoms with Crippen LogP contribution in [0.3, 0.4) is 0 Å². The van der Waals surface area contributed by atoms with Crippen LogP contribution in [-0.2, 0) is 4.79 Å². The Morgan fingerprint density at radius 2 is 1.57 bits per heavy atom. The van der Waals surface area contributed by atoms with E-state index in [0.717, 1.165) is 4.90 Å². The van der Waals surface area contributed by atoms with E-state index in [1.807, 2.05) is 19.1 Å². The molecule has 2 nitrogen and oxygen atoms in total. The number of hydrogen-bond donors (Lipinski definition) is 1. The molecule has 2 rings (SSSR count). The molecule has 2 aromatic carbocycles. The van der Waals surface area contributed by atoms with Crippen molar-refractivity contribution in [2.75, 3.05) is 5.32 Å². The second kappa shape index (κ2) is 7.41. The van der Waals surface area contributed by atoms with Crippen molar-refractivity contribution in [3.63, 3.8) is 0 Å². The van der Waals surface area contributed by atoms with E-state index in [0.29, 0.717) is 20.8 Å². The molecule has 0 aliphatic rings. The molecule has 0 saturated heterocycles. The van der Waals surface area contributed by atoms with Crippen LogP contribution in [0.25, 0.3) is 0 Å². The first kappa shape index (κ1) is 16.5. The molecule has 1 amide bonds. The van der Waals surface area contributed by atoms with Crippen LogP contribution >= 0.6 is 46.6 Å². The first-order valence-electron chi connectivity index (χ1n) is 6.13. The predicted octanol–water partition coefficient (Wildman–Crippen LogP) is 5.77. The Balaban J connectivity index is 2.00. The lowest BCUT2D eigenvalue weighted by atomic mass is 10.3. The minimum atomic E-state index is -0.260. The first-order valence-corrected chi connectivity index (χ1v) is 8.14. The second-order valence-electron chi connectivity index (χ2n) is 4.36. The Bertz CT molecular complexity index is 626. The molecule has 0 aliphatic heterocycles. The fourth-order valence-electron chi connectivity index (χ4n) is 1.64. The monoisotopic (exact) mass is 359 g/mol. The highest BCUT2D eigenvalue weighted by Crippen LogP contribution is 2.27. The third-order valence-corrected chi connectivity index (χ3v) is 4.43. The van der Waals surface area contributed by atoms with Crippen molar-refractivity contribution in [1.82, 2.24) is 0 Å². The molecule has 0 radical (unpaired) electrons. The van der Waals surface area contributed by atoms with E-state index in [1.165, 1.54) is 11.8 Å². The molecule has 0 aliphatic carbocycles. The third-order valence-electron chi connectivity index (χ3n) is 2.63. The van der Waals surface area contributed by atoms with Gasteiger partial charge in [-0.1, -0.05) is 34.8 Å². The van der Waals surface area contributed by atoms with Crippen molar-refractivity contribution in [2.45, 2.75) is 17.1 Å². The van der Waals surface area contributed by atoms with E-state index in [4.69, 9.17) is 34.8 Å². The lowest BCUT2D eigenvalue weighted by Gasteiger charge is -2.12. The molecule has 2 aromatic rings. The number of anilines is 1. The zero-order valence-corrected chi connectivity index (χ0v) is 14.2. The number of halogens is 3. The van der Waals surface area contributed by atoms with Gasteiger partial charge in [0, 0.05) is 25.7 Å². The summed E-state index contributed by atoms with van der Waals surface area (Å²) in [6.07, 6.45) is 0. The first-order chi connectivity index (χ1) is 9.94. The summed E-state index contributed by atoms with van der Waals surface area (Å²) in [6.45, 7) is 1.83. The van der Waals surface area contributed by atoms with Crippen LogP contribution in [0, 0.1) is 0 Å². The summed E-state index contributed by atoms with van der Waals surface area (Å²) in [5.74, 6) is -0.117. The van der Waals surface area contributed by atoms with Crippen LogP contribution in [0.1, 0.15) is 6.92 Å². The summed E-state index contributed by atoms with van der Waals surface area (Å²) >= 11 is 19.1. The SMILES string of the molecule is C[C@@H](Sc1ccc(Cl)cc1)C(=O)Nc1cc(Cl)cc(Cl)c1. The molecule has 1 N–H and O–H groups in total. The number of amides is 1. The van der Waals surface area contributed by atoms with Crippen molar-refractivity contribution in [1.29, 1.82) is 0 Å². The van der Waals surface area contributed by atoms with Crippen LogP contribution < -0.4 is 5.32 Å². The minimum absolute atomic E-state index is 0.117. The fraction of sp³-hybridized carbons (Fsp3) is 0.133. The lowest BCUT2D eigenvalue weighted by Crippen LogP contribution is -2.22. The van der Waals surface area contributed by atoms with E-state index >= 15 is 0 Å². The number of thioether (sulfide) groups is 1. The molecular weight excluding hydrogens is 349 g/mol. The van der Waals surface area contributed by atoms with Crippen LogP contribution in [0.4, 0.5) is 5.69 Å². The van der Waals surface area contributed by atoms with E-state index < -0.39 is 0 Å². The Morgan fingerprint density at radius 3 is 2.14 bits per heavy atom. The summed E-state index contributed by atoms with van der Waals surface area (Å²) in [6, 6.07) is 12.3. The molecule has 0 unspecified atom stereocenters. The Labute approximate surface area is 142 Å². The minimum Gasteiger partial charge on any atom is -0.325 e. The Kier molecular flexibility index (Phi) is 5.82. The Hall–Kier alpha value is -0.870. The van der Waals surface area contributed by atoms with Gasteiger partial charge in [-0.25, -0.2) is 0 Å². The standard InChI is InChI=1S/C15H12Cl3NOS/c1-9(21-14-4-2-10(16)3-5-14)15(20)19-13-7-11(17)6-12(18)8-13/h2-9H,1H3,(H,19,20)/t9-/m1/s1. The van der Waals surface area contributed by atoms with Crippen molar-refractivity contribution in [2.24, 2.45) is 0 Å². The van der Waals surface area contributed by atoms with E-state index in [1.54, 1.807) is 30.3 Å². The highest BCUT2D eigenvalue weighted by molar-refractivity contribution is 8.00. The summed E-state index contributed by atoms with van der Waals surface area (Å²) in [4.78, 5) is 13.1. The molecule has 0 heterocycles. The number of nitrogens with one attached hydrogen (secondary N) is 1. The van der Waals surface area contributed by atoms with Crippen LogP contribution in [0.15, 0.2) is 47.4 Å². The van der Waals surface area contributed by atoms with Gasteiger partial charge in [0.25, 0.3) is 0 Å². The number of rotatable bonds is 4. The average Bonchev–Trinajstić information content (AvgIpc) is 2.40. The smallest absolute Gasteiger partial charge is 0.237 e. The van der Waals surface area contributed by atoms with Gasteiger partial charge in [0.05, 0.1) is 5.25 Å². The molecule has 0 saturated carbocycles. The fourth-order valence-corrected chi connectivity index (χ4v) is 3.16. The average molecular weight is 361 g/mol. The number of carbonyl (C=O) groups is 1. The summed E-state index contributed by atoms with van der Waals surface area (Å²) < 4.78 is 0. The van der Waals surface area contributed by atoms with E-state index in [9.17, 15) is 4.79 Å². The summed E-state index contributed by atoms with van der Waals surface area (Å²) in [5.41, 5.74) is 0.584. The third kappa shape index (κ3) is 5.11. The molecule has 0 spiro atoms. The largest absolute Gasteiger partial charge is 0.325 e. The molecule has 6 heteroatoms. The topological polar surface area (TPSA) is 29.1 Å². The van der Waals surface area contributed by atoms with Gasteiger partial charge in [0.1, 0.15) is 0 Å². The van der Waals surface area contributed by atoms with Crippen LogP contribution in [0.2, 0.25) is 15.1 Å². The van der Waals surface area contributed by atoms with Gasteiger partial charge in [-0.05, 0) is 49.4 Å². The van der Waals surface area contributed by atoms with Crippen LogP contribution in [-0.4, -0.2) is 11.2 Å². The zero-order chi connectivity index (χ0) is 15.4. The summed E-state index contributed by atoms with van der Waals surface area (Å²) in [7, 11) is 0. The van der Waals surface area contributed by atoms with Gasteiger partial charge in [-0.3, -0.25) is 4.79 Å². The molecule has 0 bridgehead atoms. The Morgan fingerprint density at radius 1 is 1.00 bits per heavy atom. The number of hydrogen-bond acceptors (Lipinski definition) is 2. The van der Waals surface area contributed by atoms with E-state index in [2.05, 4.69) is 5.32 Å². The maximum atomic E-state index is 12.2. The predicted molar refractivity (Wildman–Crippen MR) is 91.9 cm³/mol. The van der Waals surface area contributed by atoms with Gasteiger partial charge < -0.3 is 5.32 Å². The molecule has 0 aromatic heterocycles. The van der Waals surface area contributed by atoms with Gasteiger partial charge >= 0.3 is 0 Å². The van der Waals surface area contributed by atoms with Crippen molar-refractivity contribution in [3.05, 3.63) is 57.5 Å². The maximum Gasteiger partial charge on any atom is 0.237 e. The lowest BCUT2D eigenvalue weighted by molar-refractivity contribution is -0.115. The summed E-state index contributed by atoms with van der Waals surface area (Å²) in [5, 5.41) is 4.18. The van der Waals surface area contributed by atoms with Crippen molar-refractivity contribution < 1.29 is 4.79 Å². The molecule has 21 heavy (non-hydrogen) atoms. The van der Waals surface area contributed by atoms with Gasteiger partial charge in [0.2, 0.25) is 5.91 Å². The second-order valence-corrected chi connectivity index (χ2v) is 7.08. The van der Waals surface area contributed by atoms with Gasteiger partial charge in [-0.15, -0.1) is 11.8 Å². The molecule has 110 valence electrons. The van der Waals surface area contributed by atoms with Gasteiger partial charge in [-0.2, -0.15) is 0 Å². The quantitative estimate of drug-likeness (QED) is 0.702. The zero-order valence-electron chi connectivity index (χ0n) is 11.1. The van der Waals surface area contributed by atoms with Crippen LogP contribution in [0.5, 0.6) is 0 Å². The van der Waals surface area contributed by atoms with Crippen molar-refractivity contribution in [3.8, 4) is 0 Å². The van der Waals surface area contributed by atoms with Crippen molar-refractivity contribution >= 4 is 58.2 Å². The number of benzene rings is 2. The molecular formula is C15H12Cl3NOS. The normalized spacial score (nSPS) is 12.0. The maximum absolute atomic E-state index is 12.2. The molecule has 1 atom stereocenters. The highest BCUT2D eigenvalue weighted by atomic mass is 35.5.